The first kappa shape index (κ1) is 16.6. The lowest BCUT2D eigenvalue weighted by atomic mass is 9.75. The van der Waals surface area contributed by atoms with Crippen LogP contribution in [0.5, 0.6) is 0 Å². The fraction of sp³-hybridized carbons (Fsp3) is 0.529. The summed E-state index contributed by atoms with van der Waals surface area (Å²) in [5, 5.41) is 0. The lowest BCUT2D eigenvalue weighted by Crippen LogP contribution is -2.44. The van der Waals surface area contributed by atoms with Gasteiger partial charge in [-0.25, -0.2) is 4.99 Å². The standard InChI is InChI=1S/C17H25BN2O2/c1-3-8-17(16(21)22-4-2)9-11-20(12-10-17)15-7-5-6-14(18)13-19-15/h3,6-7,13H,1,4-5,8-12,18H2,2H3. The Morgan fingerprint density at radius 3 is 2.86 bits per heavy atom. The molecule has 0 aromatic rings. The highest BCUT2D eigenvalue weighted by Gasteiger charge is 2.41. The van der Waals surface area contributed by atoms with Crippen molar-refractivity contribution in [2.45, 2.75) is 32.6 Å². The number of ether oxygens (including phenoxy) is 1. The summed E-state index contributed by atoms with van der Waals surface area (Å²) in [5.41, 5.74) is 0.785. The van der Waals surface area contributed by atoms with E-state index in [0.29, 0.717) is 13.0 Å². The normalized spacial score (nSPS) is 20.7. The van der Waals surface area contributed by atoms with Gasteiger partial charge in [0.2, 0.25) is 0 Å². The van der Waals surface area contributed by atoms with Crippen molar-refractivity contribution in [3.63, 3.8) is 0 Å². The number of hydrogen-bond donors (Lipinski definition) is 0. The summed E-state index contributed by atoms with van der Waals surface area (Å²) in [7, 11) is 2.06. The van der Waals surface area contributed by atoms with Crippen LogP contribution in [-0.4, -0.2) is 44.6 Å². The van der Waals surface area contributed by atoms with Crippen LogP contribution < -0.4 is 0 Å². The summed E-state index contributed by atoms with van der Waals surface area (Å²) < 4.78 is 5.29. The number of carbonyl (C=O) groups is 1. The summed E-state index contributed by atoms with van der Waals surface area (Å²) in [6.45, 7) is 7.75. The van der Waals surface area contributed by atoms with E-state index in [-0.39, 0.29) is 5.97 Å². The second kappa shape index (κ2) is 7.48. The van der Waals surface area contributed by atoms with Crippen molar-refractivity contribution >= 4 is 20.0 Å². The molecule has 0 aromatic carbocycles. The molecule has 2 aliphatic rings. The van der Waals surface area contributed by atoms with E-state index >= 15 is 0 Å². The molecule has 22 heavy (non-hydrogen) atoms. The number of carbonyl (C=O) groups excluding carboxylic acids is 1. The Bertz CT molecular complexity index is 515. The first-order chi connectivity index (χ1) is 10.6. The van der Waals surface area contributed by atoms with Gasteiger partial charge in [0.05, 0.1) is 12.0 Å². The SMILES string of the molecule is BC1=CCC=C(N2CCC(CC=C)(C(=O)OCC)CC2)N=C1. The summed E-state index contributed by atoms with van der Waals surface area (Å²) in [5.74, 6) is 0.939. The van der Waals surface area contributed by atoms with Crippen LogP contribution >= 0.6 is 0 Å². The van der Waals surface area contributed by atoms with Gasteiger partial charge in [-0.3, -0.25) is 4.79 Å². The van der Waals surface area contributed by atoms with Gasteiger partial charge in [-0.1, -0.05) is 17.6 Å². The average molecular weight is 300 g/mol. The molecule has 1 fully saturated rings. The van der Waals surface area contributed by atoms with Crippen molar-refractivity contribution in [1.29, 1.82) is 0 Å². The number of piperidine rings is 1. The van der Waals surface area contributed by atoms with E-state index in [1.165, 1.54) is 5.47 Å². The summed E-state index contributed by atoms with van der Waals surface area (Å²) >= 11 is 0. The van der Waals surface area contributed by atoms with Crippen molar-refractivity contribution in [2.24, 2.45) is 10.4 Å². The molecule has 118 valence electrons. The van der Waals surface area contributed by atoms with Crippen molar-refractivity contribution in [3.05, 3.63) is 36.1 Å². The first-order valence-corrected chi connectivity index (χ1v) is 8.05. The van der Waals surface area contributed by atoms with E-state index < -0.39 is 5.41 Å². The molecule has 2 rings (SSSR count). The molecular weight excluding hydrogens is 275 g/mol. The highest BCUT2D eigenvalue weighted by atomic mass is 16.5. The number of nitrogens with zero attached hydrogens (tertiary/aromatic N) is 2. The van der Waals surface area contributed by atoms with E-state index in [4.69, 9.17) is 4.74 Å². The summed E-state index contributed by atoms with van der Waals surface area (Å²) in [6.07, 6.45) is 11.2. The molecule has 0 unspecified atom stereocenters. The molecule has 0 atom stereocenters. The van der Waals surface area contributed by atoms with Gasteiger partial charge in [0.25, 0.3) is 0 Å². The van der Waals surface area contributed by atoms with E-state index in [1.54, 1.807) is 0 Å². The third-order valence-corrected chi connectivity index (χ3v) is 4.43. The maximum Gasteiger partial charge on any atom is 0.312 e. The molecule has 0 radical (unpaired) electrons. The molecule has 0 aromatic heterocycles. The molecule has 1 saturated heterocycles. The topological polar surface area (TPSA) is 41.9 Å². The largest absolute Gasteiger partial charge is 0.466 e. The fourth-order valence-electron chi connectivity index (χ4n) is 3.05. The third-order valence-electron chi connectivity index (χ3n) is 4.43. The smallest absolute Gasteiger partial charge is 0.312 e. The van der Waals surface area contributed by atoms with Gasteiger partial charge < -0.3 is 9.64 Å². The number of rotatable bonds is 5. The van der Waals surface area contributed by atoms with Crippen LogP contribution in [0.4, 0.5) is 0 Å². The lowest BCUT2D eigenvalue weighted by Gasteiger charge is -2.40. The van der Waals surface area contributed by atoms with Crippen LogP contribution in [0, 0.1) is 5.41 Å². The Labute approximate surface area is 134 Å². The molecule has 2 heterocycles. The van der Waals surface area contributed by atoms with Crippen LogP contribution in [0.3, 0.4) is 0 Å². The zero-order valence-electron chi connectivity index (χ0n) is 13.7. The Balaban J connectivity index is 2.04. The van der Waals surface area contributed by atoms with Crippen LogP contribution in [0.2, 0.25) is 0 Å². The Kier molecular flexibility index (Phi) is 5.64. The van der Waals surface area contributed by atoms with Gasteiger partial charge in [-0.05, 0) is 38.7 Å². The first-order valence-electron chi connectivity index (χ1n) is 8.05. The van der Waals surface area contributed by atoms with Gasteiger partial charge >= 0.3 is 5.97 Å². The minimum atomic E-state index is -0.405. The van der Waals surface area contributed by atoms with E-state index in [1.807, 2.05) is 19.2 Å². The second-order valence-electron chi connectivity index (χ2n) is 5.99. The molecule has 0 N–H and O–H groups in total. The highest BCUT2D eigenvalue weighted by molar-refractivity contribution is 6.33. The Morgan fingerprint density at radius 1 is 1.50 bits per heavy atom. The number of aliphatic imine (C=N–C) groups is 1. The number of allylic oxidation sites excluding steroid dienone is 4. The Hall–Kier alpha value is -1.78. The zero-order valence-corrected chi connectivity index (χ0v) is 13.7. The van der Waals surface area contributed by atoms with E-state index in [9.17, 15) is 4.79 Å². The van der Waals surface area contributed by atoms with E-state index in [2.05, 4.69) is 36.5 Å². The minimum absolute atomic E-state index is 0.0783. The molecular formula is C17H25BN2O2. The average Bonchev–Trinajstić information content (AvgIpc) is 2.73. The number of hydrogen-bond acceptors (Lipinski definition) is 4. The third kappa shape index (κ3) is 3.70. The summed E-state index contributed by atoms with van der Waals surface area (Å²) in [4.78, 5) is 19.2. The van der Waals surface area contributed by atoms with Crippen LogP contribution in [-0.2, 0) is 9.53 Å². The molecule has 4 nitrogen and oxygen atoms in total. The lowest BCUT2D eigenvalue weighted by molar-refractivity contribution is -0.158. The maximum atomic E-state index is 12.3. The van der Waals surface area contributed by atoms with Crippen molar-refractivity contribution < 1.29 is 9.53 Å². The van der Waals surface area contributed by atoms with Crippen LogP contribution in [0.25, 0.3) is 0 Å². The molecule has 0 aliphatic carbocycles. The van der Waals surface area contributed by atoms with Gasteiger partial charge in [0.15, 0.2) is 0 Å². The quantitative estimate of drug-likeness (QED) is 0.443. The van der Waals surface area contributed by atoms with Crippen molar-refractivity contribution in [1.82, 2.24) is 4.90 Å². The van der Waals surface area contributed by atoms with Gasteiger partial charge in [-0.15, -0.1) is 6.58 Å². The molecule has 0 bridgehead atoms. The van der Waals surface area contributed by atoms with Crippen LogP contribution in [0.15, 0.2) is 41.1 Å². The van der Waals surface area contributed by atoms with Gasteiger partial charge in [0.1, 0.15) is 13.7 Å². The summed E-state index contributed by atoms with van der Waals surface area (Å²) in [6, 6.07) is 0. The molecule has 5 heteroatoms. The minimum Gasteiger partial charge on any atom is -0.466 e. The van der Waals surface area contributed by atoms with E-state index in [0.717, 1.165) is 38.2 Å². The molecule has 0 spiro atoms. The number of esters is 1. The monoisotopic (exact) mass is 300 g/mol. The molecule has 2 aliphatic heterocycles. The van der Waals surface area contributed by atoms with Crippen molar-refractivity contribution in [2.75, 3.05) is 19.7 Å². The molecule has 0 saturated carbocycles. The number of likely N-dealkylation sites (tertiary alicyclic amines) is 1. The van der Waals surface area contributed by atoms with Crippen molar-refractivity contribution in [3.8, 4) is 0 Å². The fourth-order valence-corrected chi connectivity index (χ4v) is 3.05. The molecule has 0 amide bonds. The van der Waals surface area contributed by atoms with Gasteiger partial charge in [0, 0.05) is 19.3 Å². The predicted molar refractivity (Wildman–Crippen MR) is 92.5 cm³/mol. The Morgan fingerprint density at radius 2 is 2.23 bits per heavy atom. The second-order valence-corrected chi connectivity index (χ2v) is 5.99. The van der Waals surface area contributed by atoms with Crippen LogP contribution in [0.1, 0.15) is 32.6 Å². The predicted octanol–water partition coefficient (Wildman–Crippen LogP) is 2.04. The maximum absolute atomic E-state index is 12.3. The van der Waals surface area contributed by atoms with Gasteiger partial charge in [-0.2, -0.15) is 0 Å². The highest BCUT2D eigenvalue weighted by Crippen LogP contribution is 2.38. The zero-order chi connectivity index (χ0) is 16.0.